The van der Waals surface area contributed by atoms with E-state index in [1.54, 1.807) is 0 Å². The number of hydrogen-bond donors (Lipinski definition) is 1. The third-order valence-corrected chi connectivity index (χ3v) is 1.59. The summed E-state index contributed by atoms with van der Waals surface area (Å²) in [6.07, 6.45) is 3.93. The van der Waals surface area contributed by atoms with Gasteiger partial charge in [-0.15, -0.1) is 0 Å². The van der Waals surface area contributed by atoms with Gasteiger partial charge >= 0.3 is 0 Å². The molecule has 3 heteroatoms. The van der Waals surface area contributed by atoms with Crippen LogP contribution in [0.1, 0.15) is 12.8 Å². The van der Waals surface area contributed by atoms with Gasteiger partial charge in [0.05, 0.1) is 0 Å². The van der Waals surface area contributed by atoms with E-state index in [0.29, 0.717) is 11.9 Å². The fraction of sp³-hybridized carbons (Fsp3) is 0.571. The summed E-state index contributed by atoms with van der Waals surface area (Å²) in [5.74, 6) is 0.718. The van der Waals surface area contributed by atoms with Crippen molar-refractivity contribution in [3.63, 3.8) is 0 Å². The maximum atomic E-state index is 10.6. The zero-order valence-corrected chi connectivity index (χ0v) is 5.59. The molecule has 1 N–H and O–H groups in total. The van der Waals surface area contributed by atoms with Crippen LogP contribution in [0.3, 0.4) is 0 Å². The molecule has 0 aromatic heterocycles. The van der Waals surface area contributed by atoms with Crippen molar-refractivity contribution in [3.05, 3.63) is 12.0 Å². The summed E-state index contributed by atoms with van der Waals surface area (Å²) in [6, 6.07) is 0.567. The van der Waals surface area contributed by atoms with E-state index in [0.717, 1.165) is 0 Å². The molecule has 0 aromatic rings. The maximum absolute atomic E-state index is 10.6. The Balaban J connectivity index is 1.91. The molecule has 1 fully saturated rings. The van der Waals surface area contributed by atoms with E-state index in [-0.39, 0.29) is 12.4 Å². The third-order valence-electron chi connectivity index (χ3n) is 1.59. The Kier molecular flexibility index (Phi) is 1.16. The quantitative estimate of drug-likeness (QED) is 0.593. The van der Waals surface area contributed by atoms with Gasteiger partial charge in [0, 0.05) is 12.1 Å². The molecule has 1 saturated carbocycles. The lowest BCUT2D eigenvalue weighted by Crippen LogP contribution is -2.15. The van der Waals surface area contributed by atoms with E-state index < -0.39 is 0 Å². The first kappa shape index (κ1) is 5.77. The van der Waals surface area contributed by atoms with Crippen molar-refractivity contribution in [1.82, 2.24) is 5.32 Å². The summed E-state index contributed by atoms with van der Waals surface area (Å²) in [7, 11) is 0. The topological polar surface area (TPSA) is 38.3 Å². The second-order valence-electron chi connectivity index (χ2n) is 2.68. The smallest absolute Gasteiger partial charge is 0.198 e. The summed E-state index contributed by atoms with van der Waals surface area (Å²) >= 11 is 0. The molecule has 0 aromatic carbocycles. The van der Waals surface area contributed by atoms with Crippen molar-refractivity contribution in [2.45, 2.75) is 18.9 Å². The van der Waals surface area contributed by atoms with Gasteiger partial charge in [-0.3, -0.25) is 4.79 Å². The van der Waals surface area contributed by atoms with Crippen LogP contribution in [-0.4, -0.2) is 18.4 Å². The van der Waals surface area contributed by atoms with Gasteiger partial charge in [0.15, 0.2) is 18.3 Å². The maximum Gasteiger partial charge on any atom is 0.198 e. The van der Waals surface area contributed by atoms with Gasteiger partial charge in [-0.05, 0) is 12.8 Å². The van der Waals surface area contributed by atoms with Gasteiger partial charge in [-0.1, -0.05) is 0 Å². The minimum absolute atomic E-state index is 0.0585. The van der Waals surface area contributed by atoms with Crippen molar-refractivity contribution < 1.29 is 9.53 Å². The predicted octanol–water partition coefficient (Wildman–Crippen LogP) is 0.179. The summed E-state index contributed by atoms with van der Waals surface area (Å²) in [6.45, 7) is 0.217. The Labute approximate surface area is 59.1 Å². The van der Waals surface area contributed by atoms with E-state index in [1.165, 1.54) is 18.9 Å². The average molecular weight is 139 g/mol. The molecule has 0 bridgehead atoms. The van der Waals surface area contributed by atoms with E-state index in [9.17, 15) is 4.79 Å². The van der Waals surface area contributed by atoms with Crippen LogP contribution in [-0.2, 0) is 9.53 Å². The van der Waals surface area contributed by atoms with Crippen LogP contribution in [0, 0.1) is 0 Å². The molecule has 1 heterocycles. The normalized spacial score (nSPS) is 24.0. The molecule has 0 atom stereocenters. The Hall–Kier alpha value is -0.990. The number of carbonyl (C=O) groups is 1. The zero-order chi connectivity index (χ0) is 6.97. The predicted molar refractivity (Wildman–Crippen MR) is 35.2 cm³/mol. The highest BCUT2D eigenvalue weighted by atomic mass is 16.5. The molecule has 10 heavy (non-hydrogen) atoms. The molecular formula is C7H9NO2. The number of rotatable bonds is 2. The van der Waals surface area contributed by atoms with E-state index >= 15 is 0 Å². The lowest BCUT2D eigenvalue weighted by atomic mass is 10.4. The molecule has 1 aliphatic heterocycles. The Morgan fingerprint density at radius 3 is 2.90 bits per heavy atom. The van der Waals surface area contributed by atoms with Gasteiger partial charge in [0.2, 0.25) is 0 Å². The van der Waals surface area contributed by atoms with Gasteiger partial charge in [0.1, 0.15) is 0 Å². The average Bonchev–Trinajstić information content (AvgIpc) is 2.59. The molecule has 54 valence electrons. The van der Waals surface area contributed by atoms with Crippen LogP contribution < -0.4 is 5.32 Å². The standard InChI is InChI=1S/C7H9NO2/c9-6-3-7(10-4-6)8-5-1-2-5/h3,5,8H,1-2,4H2. The number of hydrogen-bond acceptors (Lipinski definition) is 3. The van der Waals surface area contributed by atoms with Crippen LogP contribution >= 0.6 is 0 Å². The second kappa shape index (κ2) is 2.01. The first-order valence-corrected chi connectivity index (χ1v) is 3.48. The largest absolute Gasteiger partial charge is 0.471 e. The molecule has 2 rings (SSSR count). The van der Waals surface area contributed by atoms with Crippen molar-refractivity contribution in [2.75, 3.05) is 6.61 Å². The molecular weight excluding hydrogens is 130 g/mol. The van der Waals surface area contributed by atoms with Gasteiger partial charge in [0.25, 0.3) is 0 Å². The second-order valence-corrected chi connectivity index (χ2v) is 2.68. The monoisotopic (exact) mass is 139 g/mol. The fourth-order valence-corrected chi connectivity index (χ4v) is 0.891. The van der Waals surface area contributed by atoms with Crippen molar-refractivity contribution in [2.24, 2.45) is 0 Å². The molecule has 0 amide bonds. The SMILES string of the molecule is O=C1C=C(NC2CC2)OC1. The van der Waals surface area contributed by atoms with Gasteiger partial charge in [-0.25, -0.2) is 0 Å². The highest BCUT2D eigenvalue weighted by molar-refractivity contribution is 5.92. The van der Waals surface area contributed by atoms with Gasteiger partial charge in [-0.2, -0.15) is 0 Å². The zero-order valence-electron chi connectivity index (χ0n) is 5.59. The number of carbonyl (C=O) groups excluding carboxylic acids is 1. The van der Waals surface area contributed by atoms with Crippen LogP contribution in [0.15, 0.2) is 12.0 Å². The van der Waals surface area contributed by atoms with E-state index in [4.69, 9.17) is 4.74 Å². The highest BCUT2D eigenvalue weighted by Crippen LogP contribution is 2.21. The molecule has 0 spiro atoms. The molecule has 0 unspecified atom stereocenters. The summed E-state index contributed by atoms with van der Waals surface area (Å²) in [5, 5.41) is 3.10. The third kappa shape index (κ3) is 1.12. The van der Waals surface area contributed by atoms with E-state index in [2.05, 4.69) is 5.32 Å². The first-order valence-electron chi connectivity index (χ1n) is 3.48. The minimum Gasteiger partial charge on any atom is -0.471 e. The van der Waals surface area contributed by atoms with E-state index in [1.807, 2.05) is 0 Å². The number of ketones is 1. The molecule has 2 aliphatic rings. The van der Waals surface area contributed by atoms with Crippen LogP contribution in [0.4, 0.5) is 0 Å². The lowest BCUT2D eigenvalue weighted by molar-refractivity contribution is -0.115. The Morgan fingerprint density at radius 1 is 1.60 bits per heavy atom. The van der Waals surface area contributed by atoms with Crippen LogP contribution in [0.25, 0.3) is 0 Å². The highest BCUT2D eigenvalue weighted by Gasteiger charge is 2.24. The molecule has 0 saturated heterocycles. The van der Waals surface area contributed by atoms with Crippen LogP contribution in [0.5, 0.6) is 0 Å². The Morgan fingerprint density at radius 2 is 2.40 bits per heavy atom. The lowest BCUT2D eigenvalue weighted by Gasteiger charge is -2.02. The Bertz CT molecular complexity index is 194. The first-order chi connectivity index (χ1) is 4.84. The van der Waals surface area contributed by atoms with Gasteiger partial charge < -0.3 is 10.1 Å². The molecule has 1 aliphatic carbocycles. The fourth-order valence-electron chi connectivity index (χ4n) is 0.891. The number of nitrogens with one attached hydrogen (secondary N) is 1. The number of ether oxygens (including phenoxy) is 1. The summed E-state index contributed by atoms with van der Waals surface area (Å²) < 4.78 is 5.02. The van der Waals surface area contributed by atoms with Crippen molar-refractivity contribution >= 4 is 5.78 Å². The van der Waals surface area contributed by atoms with Crippen molar-refractivity contribution in [3.8, 4) is 0 Å². The minimum atomic E-state index is 0.0585. The summed E-state index contributed by atoms with van der Waals surface area (Å²) in [5.41, 5.74) is 0. The molecule has 3 nitrogen and oxygen atoms in total. The van der Waals surface area contributed by atoms with Crippen molar-refractivity contribution in [1.29, 1.82) is 0 Å². The summed E-state index contributed by atoms with van der Waals surface area (Å²) in [4.78, 5) is 10.6. The molecule has 0 radical (unpaired) electrons. The van der Waals surface area contributed by atoms with Crippen LogP contribution in [0.2, 0.25) is 0 Å².